The number of fused-ring (bicyclic) bond motifs is 2. The first kappa shape index (κ1) is 19.1. The fourth-order valence-corrected chi connectivity index (χ4v) is 3.79. The second-order valence-electron chi connectivity index (χ2n) is 7.30. The number of imidazole rings is 1. The molecule has 7 heteroatoms. The minimum atomic E-state index is 0.266. The zero-order chi connectivity index (χ0) is 21.4. The first-order valence-corrected chi connectivity index (χ1v) is 10.0. The number of pyridine rings is 1. The molecule has 1 aliphatic heterocycles. The molecule has 0 aliphatic carbocycles. The van der Waals surface area contributed by atoms with Gasteiger partial charge in [-0.25, -0.2) is 4.98 Å². The molecule has 0 radical (unpaired) electrons. The molecule has 0 fully saturated rings. The van der Waals surface area contributed by atoms with E-state index in [1.54, 1.807) is 14.2 Å². The van der Waals surface area contributed by atoms with Gasteiger partial charge in [0.1, 0.15) is 17.2 Å². The Morgan fingerprint density at radius 2 is 1.84 bits per heavy atom. The number of rotatable bonds is 6. The van der Waals surface area contributed by atoms with E-state index in [1.807, 2.05) is 48.7 Å². The quantitative estimate of drug-likeness (QED) is 0.492. The molecule has 5 rings (SSSR count). The molecule has 0 bridgehead atoms. The van der Waals surface area contributed by atoms with Crippen molar-refractivity contribution in [2.45, 2.75) is 13.5 Å². The predicted octanol–water partition coefficient (Wildman–Crippen LogP) is 4.67. The average molecular weight is 417 g/mol. The number of methoxy groups -OCH3 is 2. The zero-order valence-electron chi connectivity index (χ0n) is 17.6. The van der Waals surface area contributed by atoms with Crippen molar-refractivity contribution < 1.29 is 18.9 Å². The molecule has 1 aliphatic rings. The topological polar surface area (TPSA) is 66.3 Å². The maximum atomic E-state index is 5.51. The highest BCUT2D eigenvalue weighted by atomic mass is 16.7. The van der Waals surface area contributed by atoms with E-state index in [-0.39, 0.29) is 6.79 Å². The molecule has 1 N–H and O–H groups in total. The highest BCUT2D eigenvalue weighted by Gasteiger charge is 2.18. The second-order valence-corrected chi connectivity index (χ2v) is 7.30. The molecule has 0 unspecified atom stereocenters. The van der Waals surface area contributed by atoms with Gasteiger partial charge in [-0.1, -0.05) is 12.1 Å². The lowest BCUT2D eigenvalue weighted by atomic mass is 10.1. The summed E-state index contributed by atoms with van der Waals surface area (Å²) in [6.45, 7) is 2.93. The number of hydrogen-bond acceptors (Lipinski definition) is 6. The van der Waals surface area contributed by atoms with E-state index < -0.39 is 0 Å². The molecule has 0 amide bonds. The molecule has 7 nitrogen and oxygen atoms in total. The first-order chi connectivity index (χ1) is 15.2. The van der Waals surface area contributed by atoms with Crippen molar-refractivity contribution in [3.8, 4) is 34.3 Å². The maximum absolute atomic E-state index is 5.51. The molecular weight excluding hydrogens is 394 g/mol. The molecule has 3 heterocycles. The van der Waals surface area contributed by atoms with Crippen LogP contribution in [-0.4, -0.2) is 30.4 Å². The Labute approximate surface area is 180 Å². The molecule has 4 aromatic rings. The number of ether oxygens (including phenoxy) is 4. The Kier molecular flexibility index (Phi) is 4.78. The molecule has 0 saturated heterocycles. The van der Waals surface area contributed by atoms with Crippen LogP contribution in [0.15, 0.2) is 54.7 Å². The lowest BCUT2D eigenvalue weighted by Gasteiger charge is -2.12. The van der Waals surface area contributed by atoms with Crippen molar-refractivity contribution in [2.24, 2.45) is 0 Å². The van der Waals surface area contributed by atoms with Crippen LogP contribution >= 0.6 is 0 Å². The molecular formula is C24H23N3O4. The van der Waals surface area contributed by atoms with Crippen molar-refractivity contribution >= 4 is 11.5 Å². The summed E-state index contributed by atoms with van der Waals surface area (Å²) in [5, 5.41) is 3.57. The van der Waals surface area contributed by atoms with Crippen LogP contribution in [0.1, 0.15) is 11.1 Å². The SMILES string of the molecule is COc1ccc(-c2nc3c(C)cccn3c2NCc2ccc3c(c2)OCO3)cc1OC. The number of aromatic nitrogens is 2. The number of hydrogen-bond donors (Lipinski definition) is 1. The normalized spacial score (nSPS) is 12.2. The van der Waals surface area contributed by atoms with Crippen LogP contribution in [0.5, 0.6) is 23.0 Å². The third-order valence-electron chi connectivity index (χ3n) is 5.40. The predicted molar refractivity (Wildman–Crippen MR) is 118 cm³/mol. The molecule has 2 aromatic carbocycles. The fraction of sp³-hybridized carbons (Fsp3) is 0.208. The maximum Gasteiger partial charge on any atom is 0.231 e. The second kappa shape index (κ2) is 7.75. The highest BCUT2D eigenvalue weighted by Crippen LogP contribution is 2.37. The van der Waals surface area contributed by atoms with Crippen molar-refractivity contribution in [3.63, 3.8) is 0 Å². The van der Waals surface area contributed by atoms with E-state index in [4.69, 9.17) is 23.9 Å². The minimum absolute atomic E-state index is 0.266. The van der Waals surface area contributed by atoms with Crippen molar-refractivity contribution in [3.05, 3.63) is 65.9 Å². The van der Waals surface area contributed by atoms with Crippen LogP contribution in [0.2, 0.25) is 0 Å². The van der Waals surface area contributed by atoms with Crippen LogP contribution in [0.4, 0.5) is 5.82 Å². The number of nitrogens with one attached hydrogen (secondary N) is 1. The van der Waals surface area contributed by atoms with E-state index in [9.17, 15) is 0 Å². The zero-order valence-corrected chi connectivity index (χ0v) is 17.6. The van der Waals surface area contributed by atoms with Gasteiger partial charge < -0.3 is 24.3 Å². The lowest BCUT2D eigenvalue weighted by Crippen LogP contribution is -2.03. The van der Waals surface area contributed by atoms with E-state index in [0.29, 0.717) is 18.0 Å². The Bertz CT molecular complexity index is 1270. The smallest absolute Gasteiger partial charge is 0.231 e. The van der Waals surface area contributed by atoms with Crippen molar-refractivity contribution in [1.29, 1.82) is 0 Å². The number of anilines is 1. The van der Waals surface area contributed by atoms with E-state index in [0.717, 1.165) is 45.3 Å². The Morgan fingerprint density at radius 1 is 1.00 bits per heavy atom. The number of aryl methyl sites for hydroxylation is 1. The van der Waals surface area contributed by atoms with E-state index in [2.05, 4.69) is 22.7 Å². The van der Waals surface area contributed by atoms with Crippen molar-refractivity contribution in [2.75, 3.05) is 26.3 Å². The Morgan fingerprint density at radius 3 is 2.68 bits per heavy atom. The van der Waals surface area contributed by atoms with Gasteiger partial charge in [0, 0.05) is 18.3 Å². The summed E-state index contributed by atoms with van der Waals surface area (Å²) in [5.74, 6) is 3.80. The van der Waals surface area contributed by atoms with Gasteiger partial charge in [0.2, 0.25) is 6.79 Å². The summed E-state index contributed by atoms with van der Waals surface area (Å²) >= 11 is 0. The van der Waals surface area contributed by atoms with Gasteiger partial charge in [-0.15, -0.1) is 0 Å². The summed E-state index contributed by atoms with van der Waals surface area (Å²) in [4.78, 5) is 4.94. The van der Waals surface area contributed by atoms with Gasteiger partial charge in [0.15, 0.2) is 23.0 Å². The van der Waals surface area contributed by atoms with Crippen LogP contribution < -0.4 is 24.3 Å². The summed E-state index contributed by atoms with van der Waals surface area (Å²) in [6, 6.07) is 15.9. The summed E-state index contributed by atoms with van der Waals surface area (Å²) in [6.07, 6.45) is 2.02. The van der Waals surface area contributed by atoms with Crippen LogP contribution in [0.25, 0.3) is 16.9 Å². The standard InChI is InChI=1S/C24H23N3O4/c1-15-5-4-10-27-23(15)26-22(17-7-9-18(28-2)20(12-17)29-3)24(27)25-13-16-6-8-19-21(11-16)31-14-30-19/h4-12,25H,13-14H2,1-3H3. The lowest BCUT2D eigenvalue weighted by molar-refractivity contribution is 0.174. The minimum Gasteiger partial charge on any atom is -0.493 e. The largest absolute Gasteiger partial charge is 0.493 e. The third kappa shape index (κ3) is 3.38. The number of nitrogens with zero attached hydrogens (tertiary/aromatic N) is 2. The van der Waals surface area contributed by atoms with Gasteiger partial charge in [0.05, 0.1) is 14.2 Å². The first-order valence-electron chi connectivity index (χ1n) is 10.0. The van der Waals surface area contributed by atoms with E-state index in [1.165, 1.54) is 0 Å². The van der Waals surface area contributed by atoms with Crippen LogP contribution in [0.3, 0.4) is 0 Å². The van der Waals surface area contributed by atoms with Gasteiger partial charge >= 0.3 is 0 Å². The highest BCUT2D eigenvalue weighted by molar-refractivity contribution is 5.79. The molecule has 0 saturated carbocycles. The molecule has 158 valence electrons. The van der Waals surface area contributed by atoms with Gasteiger partial charge in [-0.2, -0.15) is 0 Å². The van der Waals surface area contributed by atoms with Gasteiger partial charge in [-0.05, 0) is 54.4 Å². The monoisotopic (exact) mass is 417 g/mol. The van der Waals surface area contributed by atoms with Gasteiger partial charge in [-0.3, -0.25) is 4.40 Å². The van der Waals surface area contributed by atoms with Crippen LogP contribution in [-0.2, 0) is 6.54 Å². The summed E-state index contributed by atoms with van der Waals surface area (Å²) < 4.78 is 23.9. The Balaban J connectivity index is 1.56. The molecule has 0 spiro atoms. The molecule has 31 heavy (non-hydrogen) atoms. The Hall–Kier alpha value is -3.87. The van der Waals surface area contributed by atoms with Crippen LogP contribution in [0, 0.1) is 6.92 Å². The molecule has 0 atom stereocenters. The molecule has 2 aromatic heterocycles. The average Bonchev–Trinajstić information content (AvgIpc) is 3.42. The van der Waals surface area contributed by atoms with Crippen molar-refractivity contribution in [1.82, 2.24) is 9.38 Å². The summed E-state index contributed by atoms with van der Waals surface area (Å²) in [7, 11) is 3.26. The number of benzene rings is 2. The third-order valence-corrected chi connectivity index (χ3v) is 5.40. The van der Waals surface area contributed by atoms with E-state index >= 15 is 0 Å². The summed E-state index contributed by atoms with van der Waals surface area (Å²) in [5.41, 5.74) is 4.87. The fourth-order valence-electron chi connectivity index (χ4n) is 3.79. The van der Waals surface area contributed by atoms with Gasteiger partial charge in [0.25, 0.3) is 0 Å².